The molecule has 0 aliphatic rings. The first-order valence-electron chi connectivity index (χ1n) is 8.17. The fourth-order valence-corrected chi connectivity index (χ4v) is 2.53. The summed E-state index contributed by atoms with van der Waals surface area (Å²) in [5.41, 5.74) is 1.24. The molecule has 0 spiro atoms. The summed E-state index contributed by atoms with van der Waals surface area (Å²) in [6.07, 6.45) is 2.32. The van der Waals surface area contributed by atoms with E-state index in [0.717, 1.165) is 18.3 Å². The number of hydrogen-bond acceptors (Lipinski definition) is 4. The van der Waals surface area contributed by atoms with E-state index in [1.807, 2.05) is 37.4 Å². The SMILES string of the molecule is CN=C(NCCc1nc(-c2ccco2)n[nH]1)N(C)Cc1ccccc1.I. The lowest BCUT2D eigenvalue weighted by atomic mass is 10.2. The third-order valence-corrected chi connectivity index (χ3v) is 3.75. The van der Waals surface area contributed by atoms with E-state index in [-0.39, 0.29) is 24.0 Å². The Morgan fingerprint density at radius 1 is 1.23 bits per heavy atom. The number of aromatic amines is 1. The Balaban J connectivity index is 0.00000243. The van der Waals surface area contributed by atoms with Crippen LogP contribution in [0.25, 0.3) is 11.6 Å². The third-order valence-electron chi connectivity index (χ3n) is 3.75. The number of hydrogen-bond donors (Lipinski definition) is 2. The largest absolute Gasteiger partial charge is 0.461 e. The predicted octanol–water partition coefficient (Wildman–Crippen LogP) is 2.93. The van der Waals surface area contributed by atoms with Crippen molar-refractivity contribution in [2.24, 2.45) is 4.99 Å². The first kappa shape index (κ1) is 20.0. The number of aromatic nitrogens is 3. The van der Waals surface area contributed by atoms with Gasteiger partial charge in [-0.25, -0.2) is 4.98 Å². The quantitative estimate of drug-likeness (QED) is 0.332. The highest BCUT2D eigenvalue weighted by molar-refractivity contribution is 14.0. The molecule has 8 heteroatoms. The molecule has 0 aliphatic heterocycles. The van der Waals surface area contributed by atoms with Crippen molar-refractivity contribution in [3.63, 3.8) is 0 Å². The van der Waals surface area contributed by atoms with Crippen molar-refractivity contribution in [3.8, 4) is 11.6 Å². The zero-order valence-electron chi connectivity index (χ0n) is 14.8. The van der Waals surface area contributed by atoms with Crippen molar-refractivity contribution in [1.29, 1.82) is 0 Å². The predicted molar refractivity (Wildman–Crippen MR) is 112 cm³/mol. The number of nitrogens with zero attached hydrogens (tertiary/aromatic N) is 4. The molecule has 0 aliphatic carbocycles. The fourth-order valence-electron chi connectivity index (χ4n) is 2.53. The molecule has 7 nitrogen and oxygen atoms in total. The van der Waals surface area contributed by atoms with Gasteiger partial charge in [0.05, 0.1) is 6.26 Å². The summed E-state index contributed by atoms with van der Waals surface area (Å²) in [5, 5.41) is 10.5. The second-order valence-electron chi connectivity index (χ2n) is 5.65. The summed E-state index contributed by atoms with van der Waals surface area (Å²) in [6, 6.07) is 14.0. The monoisotopic (exact) mass is 466 g/mol. The topological polar surface area (TPSA) is 82.3 Å². The van der Waals surface area contributed by atoms with E-state index < -0.39 is 0 Å². The van der Waals surface area contributed by atoms with Crippen molar-refractivity contribution < 1.29 is 4.42 Å². The molecule has 0 fully saturated rings. The zero-order valence-corrected chi connectivity index (χ0v) is 17.2. The molecule has 2 heterocycles. The number of guanidine groups is 1. The minimum absolute atomic E-state index is 0. The molecule has 3 aromatic rings. The molecule has 0 atom stereocenters. The number of H-pyrrole nitrogens is 1. The maximum Gasteiger partial charge on any atom is 0.216 e. The van der Waals surface area contributed by atoms with E-state index in [9.17, 15) is 0 Å². The summed E-state index contributed by atoms with van der Waals surface area (Å²) >= 11 is 0. The summed E-state index contributed by atoms with van der Waals surface area (Å²) < 4.78 is 5.29. The summed E-state index contributed by atoms with van der Waals surface area (Å²) in [6.45, 7) is 1.50. The van der Waals surface area contributed by atoms with Gasteiger partial charge in [0.25, 0.3) is 0 Å². The van der Waals surface area contributed by atoms with Crippen LogP contribution < -0.4 is 5.32 Å². The van der Waals surface area contributed by atoms with E-state index in [1.165, 1.54) is 5.56 Å². The zero-order chi connectivity index (χ0) is 17.5. The third kappa shape index (κ3) is 5.32. The van der Waals surface area contributed by atoms with Gasteiger partial charge in [0.15, 0.2) is 11.7 Å². The normalized spacial score (nSPS) is 11.1. The molecule has 26 heavy (non-hydrogen) atoms. The number of rotatable bonds is 6. The van der Waals surface area contributed by atoms with Crippen LogP contribution in [0, 0.1) is 0 Å². The molecule has 0 saturated carbocycles. The number of aliphatic imine (C=N–C) groups is 1. The van der Waals surface area contributed by atoms with E-state index in [0.29, 0.717) is 24.6 Å². The minimum atomic E-state index is 0. The first-order valence-corrected chi connectivity index (χ1v) is 8.17. The van der Waals surface area contributed by atoms with Gasteiger partial charge in [0, 0.05) is 33.6 Å². The first-order chi connectivity index (χ1) is 12.3. The maximum atomic E-state index is 5.29. The van der Waals surface area contributed by atoms with E-state index in [4.69, 9.17) is 4.42 Å². The van der Waals surface area contributed by atoms with Gasteiger partial charge in [0.2, 0.25) is 5.82 Å². The van der Waals surface area contributed by atoms with Crippen LogP contribution in [0.2, 0.25) is 0 Å². The standard InChI is InChI=1S/C18H22N6O.HI/c1-19-18(24(2)13-14-7-4-3-5-8-14)20-11-10-16-21-17(23-22-16)15-9-6-12-25-15;/h3-9,12H,10-11,13H2,1-2H3,(H,19,20)(H,21,22,23);1H. The lowest BCUT2D eigenvalue weighted by Gasteiger charge is -2.22. The Hall–Kier alpha value is -2.36. The molecule has 0 bridgehead atoms. The number of nitrogens with one attached hydrogen (secondary N) is 2. The Kier molecular flexibility index (Phi) is 7.64. The molecule has 0 amide bonds. The van der Waals surface area contributed by atoms with Gasteiger partial charge in [-0.2, -0.15) is 5.10 Å². The number of benzene rings is 1. The number of furan rings is 1. The van der Waals surface area contributed by atoms with Gasteiger partial charge in [-0.05, 0) is 17.7 Å². The van der Waals surface area contributed by atoms with Crippen molar-refractivity contribution in [2.45, 2.75) is 13.0 Å². The summed E-state index contributed by atoms with van der Waals surface area (Å²) in [4.78, 5) is 10.9. The summed E-state index contributed by atoms with van der Waals surface area (Å²) in [7, 11) is 3.80. The van der Waals surface area contributed by atoms with Crippen LogP contribution in [-0.2, 0) is 13.0 Å². The van der Waals surface area contributed by atoms with Crippen molar-refractivity contribution in [1.82, 2.24) is 25.4 Å². The molecular weight excluding hydrogens is 443 g/mol. The van der Waals surface area contributed by atoms with E-state index >= 15 is 0 Å². The highest BCUT2D eigenvalue weighted by Gasteiger charge is 2.09. The smallest absolute Gasteiger partial charge is 0.216 e. The molecule has 0 unspecified atom stereocenters. The molecule has 1 aromatic carbocycles. The second kappa shape index (κ2) is 9.95. The van der Waals surface area contributed by atoms with Crippen molar-refractivity contribution >= 4 is 29.9 Å². The Morgan fingerprint density at radius 3 is 2.73 bits per heavy atom. The molecule has 2 aromatic heterocycles. The van der Waals surface area contributed by atoms with Crippen LogP contribution in [0.5, 0.6) is 0 Å². The highest BCUT2D eigenvalue weighted by atomic mass is 127. The van der Waals surface area contributed by atoms with Gasteiger partial charge in [-0.3, -0.25) is 10.1 Å². The van der Waals surface area contributed by atoms with Crippen LogP contribution in [0.3, 0.4) is 0 Å². The average Bonchev–Trinajstić information content (AvgIpc) is 3.31. The van der Waals surface area contributed by atoms with Crippen LogP contribution in [0.1, 0.15) is 11.4 Å². The van der Waals surface area contributed by atoms with Crippen molar-refractivity contribution in [3.05, 3.63) is 60.1 Å². The summed E-state index contributed by atoms with van der Waals surface area (Å²) in [5.74, 6) is 2.88. The molecular formula is C18H23IN6O. The van der Waals surface area contributed by atoms with Gasteiger partial charge < -0.3 is 14.6 Å². The molecule has 3 rings (SSSR count). The van der Waals surface area contributed by atoms with Crippen LogP contribution in [0.15, 0.2) is 58.1 Å². The second-order valence-corrected chi connectivity index (χ2v) is 5.65. The van der Waals surface area contributed by atoms with Crippen LogP contribution in [-0.4, -0.2) is 46.7 Å². The molecule has 138 valence electrons. The molecule has 2 N–H and O–H groups in total. The minimum Gasteiger partial charge on any atom is -0.461 e. The van der Waals surface area contributed by atoms with Crippen molar-refractivity contribution in [2.75, 3.05) is 20.6 Å². The lowest BCUT2D eigenvalue weighted by Crippen LogP contribution is -2.39. The van der Waals surface area contributed by atoms with E-state index in [1.54, 1.807) is 13.3 Å². The van der Waals surface area contributed by atoms with Gasteiger partial charge in [-0.1, -0.05) is 30.3 Å². The maximum absolute atomic E-state index is 5.29. The number of halogens is 1. The Labute approximate surface area is 169 Å². The average molecular weight is 466 g/mol. The van der Waals surface area contributed by atoms with Gasteiger partial charge in [-0.15, -0.1) is 24.0 Å². The van der Waals surface area contributed by atoms with E-state index in [2.05, 4.69) is 42.5 Å². The lowest BCUT2D eigenvalue weighted by molar-refractivity contribution is 0.477. The van der Waals surface area contributed by atoms with Gasteiger partial charge >= 0.3 is 0 Å². The molecule has 0 radical (unpaired) electrons. The molecule has 0 saturated heterocycles. The Bertz CT molecular complexity index is 800. The Morgan fingerprint density at radius 2 is 2.04 bits per heavy atom. The van der Waals surface area contributed by atoms with Crippen LogP contribution >= 0.6 is 24.0 Å². The van der Waals surface area contributed by atoms with Gasteiger partial charge in [0.1, 0.15) is 5.82 Å². The highest BCUT2D eigenvalue weighted by Crippen LogP contribution is 2.14. The fraction of sp³-hybridized carbons (Fsp3) is 0.278. The van der Waals surface area contributed by atoms with Crippen LogP contribution in [0.4, 0.5) is 0 Å².